The molecule has 150 valence electrons. The fourth-order valence-electron chi connectivity index (χ4n) is 2.21. The van der Waals surface area contributed by atoms with Crippen LogP contribution in [-0.4, -0.2) is 37.9 Å². The number of esters is 1. The monoisotopic (exact) mass is 462 g/mol. The molecule has 0 saturated heterocycles. The molecule has 2 aromatic rings. The van der Waals surface area contributed by atoms with Gasteiger partial charge in [0.05, 0.1) is 18.7 Å². The number of hydrogen-bond acceptors (Lipinski definition) is 5. The molecule has 1 atom stereocenters. The number of ether oxygens (including phenoxy) is 2. The molecular weight excluding hydrogens is 447 g/mol. The van der Waals surface area contributed by atoms with Gasteiger partial charge in [-0.3, -0.25) is 10.1 Å². The number of halogens is 4. The van der Waals surface area contributed by atoms with Gasteiger partial charge in [0.25, 0.3) is 11.7 Å². The molecule has 1 aromatic heterocycles. The fraction of sp³-hybridized carbons (Fsp3) is 0.235. The minimum atomic E-state index is -5.23. The second-order valence-corrected chi connectivity index (χ2v) is 6.38. The Kier molecular flexibility index (Phi) is 6.49. The first kappa shape index (κ1) is 21.5. The minimum Gasteiger partial charge on any atom is -0.497 e. The highest BCUT2D eigenvalue weighted by atomic mass is 79.9. The molecule has 0 aliphatic carbocycles. The van der Waals surface area contributed by atoms with Crippen molar-refractivity contribution >= 4 is 33.6 Å². The maximum Gasteiger partial charge on any atom is 0.464 e. The number of aromatic amines is 1. The summed E-state index contributed by atoms with van der Waals surface area (Å²) in [4.78, 5) is 27.1. The van der Waals surface area contributed by atoms with Crippen molar-refractivity contribution in [1.82, 2.24) is 5.32 Å². The van der Waals surface area contributed by atoms with Gasteiger partial charge in [-0.2, -0.15) is 13.2 Å². The lowest BCUT2D eigenvalue weighted by Crippen LogP contribution is -2.69. The molecule has 11 heteroatoms. The number of rotatable bonds is 6. The van der Waals surface area contributed by atoms with Gasteiger partial charge in [-0.05, 0) is 46.3 Å². The van der Waals surface area contributed by atoms with E-state index in [-0.39, 0.29) is 11.4 Å². The van der Waals surface area contributed by atoms with Gasteiger partial charge in [0.15, 0.2) is 0 Å². The Hall–Kier alpha value is -2.82. The molecule has 0 bridgehead atoms. The van der Waals surface area contributed by atoms with E-state index < -0.39 is 23.7 Å². The predicted molar refractivity (Wildman–Crippen MR) is 95.6 cm³/mol. The lowest BCUT2D eigenvalue weighted by Gasteiger charge is -2.30. The maximum absolute atomic E-state index is 14.0. The van der Waals surface area contributed by atoms with Gasteiger partial charge in [-0.25, -0.2) is 15.1 Å². The summed E-state index contributed by atoms with van der Waals surface area (Å²) in [6, 6.07) is 8.03. The Morgan fingerprint density at radius 1 is 1.07 bits per heavy atom. The Bertz CT molecular complexity index is 844. The number of carbonyl (C=O) groups excluding carboxylic acids is 2. The summed E-state index contributed by atoms with van der Waals surface area (Å²) < 4.78 is 51.7. The molecule has 1 heterocycles. The van der Waals surface area contributed by atoms with Gasteiger partial charge in [0, 0.05) is 11.6 Å². The standard InChI is InChI=1S/C17H15BrF3N3O4/c1-27-12-6-3-10(4-7-12)14(25)24-16(15(26)28-2,17(19,20)21)23-13-8-5-11(18)9-22-13/h3-9H,1-2H3,(H,22,23)(H,24,25)/p+1/t16-/m1/s1. The number of H-pyrrole nitrogens is 1. The number of methoxy groups -OCH3 is 2. The highest BCUT2D eigenvalue weighted by Crippen LogP contribution is 2.32. The van der Waals surface area contributed by atoms with Crippen LogP contribution < -0.4 is 20.4 Å². The molecule has 0 aliphatic heterocycles. The average Bonchev–Trinajstić information content (AvgIpc) is 2.67. The molecule has 0 saturated carbocycles. The van der Waals surface area contributed by atoms with E-state index in [4.69, 9.17) is 4.74 Å². The highest BCUT2D eigenvalue weighted by Gasteiger charge is 2.67. The van der Waals surface area contributed by atoms with Gasteiger partial charge in [0.1, 0.15) is 11.9 Å². The van der Waals surface area contributed by atoms with E-state index >= 15 is 0 Å². The third-order valence-corrected chi connectivity index (χ3v) is 4.16. The lowest BCUT2D eigenvalue weighted by atomic mass is 10.1. The molecule has 0 radical (unpaired) electrons. The van der Waals surface area contributed by atoms with Crippen LogP contribution in [0.4, 0.5) is 19.0 Å². The third kappa shape index (κ3) is 4.53. The van der Waals surface area contributed by atoms with E-state index in [0.717, 1.165) is 7.11 Å². The van der Waals surface area contributed by atoms with Crippen LogP contribution in [0.15, 0.2) is 47.1 Å². The molecule has 7 nitrogen and oxygen atoms in total. The number of amides is 1. The topological polar surface area (TPSA) is 90.8 Å². The van der Waals surface area contributed by atoms with Crippen LogP contribution in [-0.2, 0) is 9.53 Å². The van der Waals surface area contributed by atoms with Crippen LogP contribution in [0.2, 0.25) is 0 Å². The molecule has 0 aliphatic rings. The largest absolute Gasteiger partial charge is 0.497 e. The first-order valence-electron chi connectivity index (χ1n) is 7.70. The summed E-state index contributed by atoms with van der Waals surface area (Å²) in [5.74, 6) is -2.65. The molecule has 1 amide bonds. The number of anilines is 1. The summed E-state index contributed by atoms with van der Waals surface area (Å²) in [7, 11) is 2.19. The van der Waals surface area contributed by atoms with Gasteiger partial charge < -0.3 is 9.47 Å². The number of alkyl halides is 3. The molecule has 0 unspecified atom stereocenters. The van der Waals surface area contributed by atoms with Gasteiger partial charge in [-0.15, -0.1) is 0 Å². The van der Waals surface area contributed by atoms with E-state index in [2.05, 4.69) is 25.7 Å². The smallest absolute Gasteiger partial charge is 0.464 e. The van der Waals surface area contributed by atoms with Crippen molar-refractivity contribution in [2.24, 2.45) is 0 Å². The number of carbonyl (C=O) groups is 2. The van der Waals surface area contributed by atoms with Crippen molar-refractivity contribution in [3.8, 4) is 5.75 Å². The van der Waals surface area contributed by atoms with Crippen molar-refractivity contribution in [3.05, 3.63) is 52.6 Å². The summed E-state index contributed by atoms with van der Waals surface area (Å²) >= 11 is 3.14. The SMILES string of the molecule is COC(=O)[C@](NC(=O)c1ccc(OC)cc1)(Nc1ccc(Br)c[nH+]1)C(F)(F)F. The summed E-state index contributed by atoms with van der Waals surface area (Å²) in [5.41, 5.74) is -3.64. The summed E-state index contributed by atoms with van der Waals surface area (Å²) in [6.07, 6.45) is -3.88. The zero-order valence-electron chi connectivity index (χ0n) is 14.7. The van der Waals surface area contributed by atoms with Crippen molar-refractivity contribution in [2.45, 2.75) is 11.8 Å². The molecular formula is C17H16BrF3N3O4+. The average molecular weight is 463 g/mol. The molecule has 28 heavy (non-hydrogen) atoms. The Morgan fingerprint density at radius 2 is 1.71 bits per heavy atom. The van der Waals surface area contributed by atoms with Crippen LogP contribution >= 0.6 is 15.9 Å². The van der Waals surface area contributed by atoms with E-state index in [1.807, 2.05) is 5.32 Å². The van der Waals surface area contributed by atoms with Crippen molar-refractivity contribution in [2.75, 3.05) is 19.5 Å². The normalized spacial score (nSPS) is 13.2. The Labute approximate surface area is 166 Å². The fourth-order valence-corrected chi connectivity index (χ4v) is 2.46. The quantitative estimate of drug-likeness (QED) is 0.508. The van der Waals surface area contributed by atoms with Crippen LogP contribution in [0, 0.1) is 0 Å². The first-order valence-corrected chi connectivity index (χ1v) is 8.49. The van der Waals surface area contributed by atoms with Gasteiger partial charge >= 0.3 is 17.8 Å². The number of nitrogens with one attached hydrogen (secondary N) is 3. The summed E-state index contributed by atoms with van der Waals surface area (Å²) in [6.45, 7) is 0. The van der Waals surface area contributed by atoms with Gasteiger partial charge in [0.2, 0.25) is 0 Å². The molecule has 2 rings (SSSR count). The van der Waals surface area contributed by atoms with Gasteiger partial charge in [-0.1, -0.05) is 0 Å². The van der Waals surface area contributed by atoms with E-state index in [1.54, 1.807) is 5.32 Å². The zero-order valence-corrected chi connectivity index (χ0v) is 16.3. The highest BCUT2D eigenvalue weighted by molar-refractivity contribution is 9.10. The lowest BCUT2D eigenvalue weighted by molar-refractivity contribution is -0.363. The number of aromatic nitrogens is 1. The maximum atomic E-state index is 14.0. The molecule has 1 aromatic carbocycles. The Morgan fingerprint density at radius 3 is 2.18 bits per heavy atom. The second-order valence-electron chi connectivity index (χ2n) is 5.47. The minimum absolute atomic E-state index is 0.111. The van der Waals surface area contributed by atoms with E-state index in [0.29, 0.717) is 10.2 Å². The van der Waals surface area contributed by atoms with E-state index in [1.165, 1.54) is 49.7 Å². The molecule has 3 N–H and O–H groups in total. The first-order chi connectivity index (χ1) is 13.1. The van der Waals surface area contributed by atoms with Crippen LogP contribution in [0.1, 0.15) is 10.4 Å². The number of hydrogen-bond donors (Lipinski definition) is 2. The number of benzene rings is 1. The van der Waals surface area contributed by atoms with Crippen LogP contribution in [0.3, 0.4) is 0 Å². The van der Waals surface area contributed by atoms with Crippen molar-refractivity contribution < 1.29 is 37.2 Å². The van der Waals surface area contributed by atoms with E-state index in [9.17, 15) is 22.8 Å². The summed E-state index contributed by atoms with van der Waals surface area (Å²) in [5, 5.41) is 3.72. The number of pyridine rings is 1. The van der Waals surface area contributed by atoms with Crippen molar-refractivity contribution in [3.63, 3.8) is 0 Å². The molecule has 0 spiro atoms. The zero-order chi connectivity index (χ0) is 20.9. The Balaban J connectivity index is 2.44. The van der Waals surface area contributed by atoms with Crippen LogP contribution in [0.5, 0.6) is 5.75 Å². The van der Waals surface area contributed by atoms with Crippen LogP contribution in [0.25, 0.3) is 0 Å². The second kappa shape index (κ2) is 8.46. The third-order valence-electron chi connectivity index (χ3n) is 3.67. The predicted octanol–water partition coefficient (Wildman–Crippen LogP) is 2.55. The molecule has 0 fully saturated rings. The van der Waals surface area contributed by atoms with Crippen molar-refractivity contribution in [1.29, 1.82) is 0 Å².